The summed E-state index contributed by atoms with van der Waals surface area (Å²) in [7, 11) is 0. The van der Waals surface area contributed by atoms with Gasteiger partial charge in [-0.1, -0.05) is 6.92 Å². The predicted molar refractivity (Wildman–Crippen MR) is 68.8 cm³/mol. The first-order valence-electron chi connectivity index (χ1n) is 5.40. The maximum atomic E-state index is 9.00. The van der Waals surface area contributed by atoms with Crippen LogP contribution in [-0.2, 0) is 0 Å². The van der Waals surface area contributed by atoms with Crippen LogP contribution in [0.1, 0.15) is 18.9 Å². The van der Waals surface area contributed by atoms with E-state index in [9.17, 15) is 0 Å². The van der Waals surface area contributed by atoms with Crippen molar-refractivity contribution >= 4 is 17.2 Å². The lowest BCUT2D eigenvalue weighted by Gasteiger charge is -2.06. The van der Waals surface area contributed by atoms with Gasteiger partial charge in [0.15, 0.2) is 0 Å². The highest BCUT2D eigenvalue weighted by Gasteiger charge is 2.07. The first-order chi connectivity index (χ1) is 8.35. The third-order valence-electron chi connectivity index (χ3n) is 2.21. The second kappa shape index (κ2) is 5.41. The van der Waals surface area contributed by atoms with Crippen LogP contribution in [0.2, 0.25) is 0 Å². The van der Waals surface area contributed by atoms with Crippen LogP contribution in [0.4, 0.5) is 5.82 Å². The summed E-state index contributed by atoms with van der Waals surface area (Å²) >= 11 is 1.54. The zero-order valence-corrected chi connectivity index (χ0v) is 10.3. The summed E-state index contributed by atoms with van der Waals surface area (Å²) in [6.45, 7) is 2.88. The number of nitrogens with zero attached hydrogens (tertiary/aromatic N) is 3. The number of hydrogen-bond donors (Lipinski definition) is 1. The summed E-state index contributed by atoms with van der Waals surface area (Å²) in [5.41, 5.74) is 1.37. The Hall–Kier alpha value is -1.93. The molecular weight excluding hydrogens is 232 g/mol. The third-order valence-corrected chi connectivity index (χ3v) is 3.01. The molecule has 0 amide bonds. The number of aromatic nitrogens is 2. The molecule has 0 aliphatic heterocycles. The van der Waals surface area contributed by atoms with E-state index in [1.807, 2.05) is 11.4 Å². The van der Waals surface area contributed by atoms with Gasteiger partial charge in [-0.05, 0) is 18.6 Å². The lowest BCUT2D eigenvalue weighted by atomic mass is 10.2. The number of thiazole rings is 1. The maximum Gasteiger partial charge on any atom is 0.144 e. The molecule has 0 saturated carbocycles. The Morgan fingerprint density at radius 3 is 3.00 bits per heavy atom. The number of nitrogens with one attached hydrogen (secondary N) is 1. The monoisotopic (exact) mass is 244 g/mol. The summed E-state index contributed by atoms with van der Waals surface area (Å²) < 4.78 is 0. The summed E-state index contributed by atoms with van der Waals surface area (Å²) in [6.07, 6.45) is 2.74. The van der Waals surface area contributed by atoms with Gasteiger partial charge in [0.2, 0.25) is 0 Å². The van der Waals surface area contributed by atoms with E-state index >= 15 is 0 Å². The van der Waals surface area contributed by atoms with Gasteiger partial charge in [0, 0.05) is 18.1 Å². The van der Waals surface area contributed by atoms with Crippen LogP contribution in [0.25, 0.3) is 10.7 Å². The van der Waals surface area contributed by atoms with E-state index in [-0.39, 0.29) is 0 Å². The molecule has 2 aromatic rings. The quantitative estimate of drug-likeness (QED) is 0.898. The summed E-state index contributed by atoms with van der Waals surface area (Å²) in [4.78, 5) is 8.65. The summed E-state index contributed by atoms with van der Waals surface area (Å²) in [5.74, 6) is 0.641. The van der Waals surface area contributed by atoms with Crippen molar-refractivity contribution in [3.63, 3.8) is 0 Å². The van der Waals surface area contributed by atoms with Gasteiger partial charge in [-0.15, -0.1) is 11.3 Å². The number of rotatable bonds is 4. The van der Waals surface area contributed by atoms with Gasteiger partial charge in [0.05, 0.1) is 5.56 Å². The largest absolute Gasteiger partial charge is 0.369 e. The molecule has 4 nitrogen and oxygen atoms in total. The highest BCUT2D eigenvalue weighted by Crippen LogP contribution is 2.23. The first kappa shape index (κ1) is 11.6. The summed E-state index contributed by atoms with van der Waals surface area (Å²) in [6, 6.07) is 5.74. The fourth-order valence-corrected chi connectivity index (χ4v) is 2.00. The van der Waals surface area contributed by atoms with Gasteiger partial charge in [0.1, 0.15) is 22.6 Å². The molecule has 86 valence electrons. The molecule has 1 N–H and O–H groups in total. The molecule has 0 atom stereocenters. The van der Waals surface area contributed by atoms with E-state index in [1.165, 1.54) is 11.3 Å². The van der Waals surface area contributed by atoms with Gasteiger partial charge in [-0.2, -0.15) is 5.26 Å². The second-order valence-corrected chi connectivity index (χ2v) is 4.36. The van der Waals surface area contributed by atoms with Crippen LogP contribution in [0.15, 0.2) is 23.7 Å². The van der Waals surface area contributed by atoms with Crippen LogP contribution in [0, 0.1) is 11.3 Å². The smallest absolute Gasteiger partial charge is 0.144 e. The van der Waals surface area contributed by atoms with Crippen LogP contribution >= 0.6 is 11.3 Å². The lowest BCUT2D eigenvalue weighted by molar-refractivity contribution is 0.968. The minimum Gasteiger partial charge on any atom is -0.369 e. The SMILES string of the molecule is CCCNc1nc(-c2nccs2)ccc1C#N. The van der Waals surface area contributed by atoms with Gasteiger partial charge in [-0.25, -0.2) is 9.97 Å². The van der Waals surface area contributed by atoms with Crippen LogP contribution < -0.4 is 5.32 Å². The van der Waals surface area contributed by atoms with Crippen molar-refractivity contribution in [2.75, 3.05) is 11.9 Å². The van der Waals surface area contributed by atoms with Crippen molar-refractivity contribution in [3.8, 4) is 16.8 Å². The van der Waals surface area contributed by atoms with E-state index in [0.717, 1.165) is 23.7 Å². The van der Waals surface area contributed by atoms with E-state index < -0.39 is 0 Å². The Kier molecular flexibility index (Phi) is 3.68. The Labute approximate surface area is 104 Å². The highest BCUT2D eigenvalue weighted by atomic mass is 32.1. The Morgan fingerprint density at radius 2 is 2.35 bits per heavy atom. The van der Waals surface area contributed by atoms with E-state index in [4.69, 9.17) is 5.26 Å². The molecule has 5 heteroatoms. The Balaban J connectivity index is 2.35. The molecule has 0 aliphatic rings. The van der Waals surface area contributed by atoms with Gasteiger partial charge < -0.3 is 5.32 Å². The van der Waals surface area contributed by atoms with E-state index in [1.54, 1.807) is 12.3 Å². The topological polar surface area (TPSA) is 61.6 Å². The molecule has 2 heterocycles. The third kappa shape index (κ3) is 2.60. The van der Waals surface area contributed by atoms with Crippen molar-refractivity contribution in [3.05, 3.63) is 29.3 Å². The molecule has 0 fully saturated rings. The molecule has 2 rings (SSSR count). The first-order valence-corrected chi connectivity index (χ1v) is 6.28. The molecule has 2 aromatic heterocycles. The number of hydrogen-bond acceptors (Lipinski definition) is 5. The minimum atomic E-state index is 0.568. The molecule has 0 aromatic carbocycles. The predicted octanol–water partition coefficient (Wildman–Crippen LogP) is 2.90. The molecule has 0 aliphatic carbocycles. The molecule has 0 unspecified atom stereocenters. The van der Waals surface area contributed by atoms with Crippen molar-refractivity contribution < 1.29 is 0 Å². The average Bonchev–Trinajstić information content (AvgIpc) is 2.89. The van der Waals surface area contributed by atoms with Gasteiger partial charge in [-0.3, -0.25) is 0 Å². The maximum absolute atomic E-state index is 9.00. The molecule has 0 saturated heterocycles. The van der Waals surface area contributed by atoms with Crippen molar-refractivity contribution in [2.45, 2.75) is 13.3 Å². The van der Waals surface area contributed by atoms with Gasteiger partial charge >= 0.3 is 0 Å². The van der Waals surface area contributed by atoms with Crippen molar-refractivity contribution in [1.29, 1.82) is 5.26 Å². The fraction of sp³-hybridized carbons (Fsp3) is 0.250. The number of nitriles is 1. The average molecular weight is 244 g/mol. The normalized spacial score (nSPS) is 9.88. The zero-order valence-electron chi connectivity index (χ0n) is 9.47. The standard InChI is InChI=1S/C12H12N4S/c1-2-5-14-11-9(8-13)3-4-10(16-11)12-15-6-7-17-12/h3-4,6-7H,2,5H2,1H3,(H,14,16). The number of anilines is 1. The highest BCUT2D eigenvalue weighted by molar-refractivity contribution is 7.13. The molecule has 0 spiro atoms. The fourth-order valence-electron chi connectivity index (χ4n) is 1.40. The van der Waals surface area contributed by atoms with Crippen LogP contribution in [0.5, 0.6) is 0 Å². The zero-order chi connectivity index (χ0) is 12.1. The molecular formula is C12H12N4S. The van der Waals surface area contributed by atoms with Crippen molar-refractivity contribution in [2.24, 2.45) is 0 Å². The number of pyridine rings is 1. The summed E-state index contributed by atoms with van der Waals surface area (Å²) in [5, 5.41) is 14.9. The van der Waals surface area contributed by atoms with Crippen LogP contribution in [-0.4, -0.2) is 16.5 Å². The van der Waals surface area contributed by atoms with Gasteiger partial charge in [0.25, 0.3) is 0 Å². The molecule has 17 heavy (non-hydrogen) atoms. The Bertz CT molecular complexity index is 528. The molecule has 0 radical (unpaired) electrons. The molecule has 0 bridgehead atoms. The van der Waals surface area contributed by atoms with Crippen LogP contribution in [0.3, 0.4) is 0 Å². The second-order valence-electron chi connectivity index (χ2n) is 3.47. The Morgan fingerprint density at radius 1 is 1.47 bits per heavy atom. The van der Waals surface area contributed by atoms with Crippen molar-refractivity contribution in [1.82, 2.24) is 9.97 Å². The van der Waals surface area contributed by atoms with E-state index in [0.29, 0.717) is 11.4 Å². The minimum absolute atomic E-state index is 0.568. The lowest BCUT2D eigenvalue weighted by Crippen LogP contribution is -2.04. The van der Waals surface area contributed by atoms with E-state index in [2.05, 4.69) is 28.3 Å².